The van der Waals surface area contributed by atoms with Crippen LogP contribution in [0.15, 0.2) is 30.4 Å². The molecule has 8 heteroatoms. The molecule has 1 aromatic carbocycles. The zero-order chi connectivity index (χ0) is 15.3. The third-order valence-electron chi connectivity index (χ3n) is 1.93. The van der Waals surface area contributed by atoms with Gasteiger partial charge in [-0.15, -0.1) is 13.2 Å². The number of esters is 1. The molecule has 1 N–H and O–H groups in total. The lowest BCUT2D eigenvalue weighted by Gasteiger charge is -2.13. The van der Waals surface area contributed by atoms with Crippen molar-refractivity contribution < 1.29 is 37.3 Å². The molecule has 0 saturated heterocycles. The second-order valence-corrected chi connectivity index (χ2v) is 3.44. The molecule has 0 fully saturated rings. The molecule has 0 aliphatic carbocycles. The highest BCUT2D eigenvalue weighted by Gasteiger charge is 2.33. The molecule has 5 nitrogen and oxygen atoms in total. The number of carboxylic acid groups (broad SMARTS) is 1. The first kappa shape index (κ1) is 15.5. The minimum Gasteiger partial charge on any atom is -0.478 e. The maximum atomic E-state index is 12.2. The highest BCUT2D eigenvalue weighted by molar-refractivity contribution is 5.89. The van der Waals surface area contributed by atoms with E-state index >= 15 is 0 Å². The van der Waals surface area contributed by atoms with Crippen molar-refractivity contribution in [3.8, 4) is 11.5 Å². The summed E-state index contributed by atoms with van der Waals surface area (Å²) in [6.45, 7) is 1.50. The lowest BCUT2D eigenvalue weighted by molar-refractivity contribution is -0.275. The number of alkyl halides is 3. The minimum atomic E-state index is -4.99. The topological polar surface area (TPSA) is 72.8 Å². The summed E-state index contributed by atoms with van der Waals surface area (Å²) in [5.41, 5.74) is -0.345. The first-order chi connectivity index (χ1) is 9.23. The standard InChI is InChI=1S/C12H9F3O5/c1-2-3-10(16)19-9-6-7(11(17)18)4-5-8(9)20-12(13,14)15/h2-6H,1H3,(H,17,18)/b3-2+. The van der Waals surface area contributed by atoms with Crippen LogP contribution in [0, 0.1) is 0 Å². The number of allylic oxidation sites excluding steroid dienone is 1. The van der Waals surface area contributed by atoms with Crippen molar-refractivity contribution in [2.24, 2.45) is 0 Å². The van der Waals surface area contributed by atoms with Gasteiger partial charge in [0.2, 0.25) is 0 Å². The average Bonchev–Trinajstić information content (AvgIpc) is 2.29. The highest BCUT2D eigenvalue weighted by atomic mass is 19.4. The Morgan fingerprint density at radius 1 is 1.25 bits per heavy atom. The van der Waals surface area contributed by atoms with Crippen LogP contribution in [-0.2, 0) is 4.79 Å². The SMILES string of the molecule is C/C=C/C(=O)Oc1cc(C(=O)O)ccc1OC(F)(F)F. The minimum absolute atomic E-state index is 0.345. The van der Waals surface area contributed by atoms with Gasteiger partial charge in [0.15, 0.2) is 11.5 Å². The van der Waals surface area contributed by atoms with Crippen LogP contribution in [0.1, 0.15) is 17.3 Å². The molecule has 0 atom stereocenters. The van der Waals surface area contributed by atoms with Crippen LogP contribution in [0.4, 0.5) is 13.2 Å². The summed E-state index contributed by atoms with van der Waals surface area (Å²) in [6, 6.07) is 2.43. The van der Waals surface area contributed by atoms with Gasteiger partial charge in [-0.05, 0) is 25.1 Å². The Morgan fingerprint density at radius 3 is 2.40 bits per heavy atom. The molecule has 20 heavy (non-hydrogen) atoms. The number of ether oxygens (including phenoxy) is 2. The van der Waals surface area contributed by atoms with Gasteiger partial charge in [0.05, 0.1) is 5.56 Å². The van der Waals surface area contributed by atoms with Crippen molar-refractivity contribution in [3.05, 3.63) is 35.9 Å². The van der Waals surface area contributed by atoms with Gasteiger partial charge in [-0.3, -0.25) is 0 Å². The Balaban J connectivity index is 3.15. The van der Waals surface area contributed by atoms with Crippen LogP contribution in [0.5, 0.6) is 11.5 Å². The molecule has 0 aliphatic rings. The van der Waals surface area contributed by atoms with Crippen molar-refractivity contribution in [2.75, 3.05) is 0 Å². The van der Waals surface area contributed by atoms with Crippen LogP contribution < -0.4 is 9.47 Å². The number of carboxylic acids is 1. The van der Waals surface area contributed by atoms with Gasteiger partial charge >= 0.3 is 18.3 Å². The lowest BCUT2D eigenvalue weighted by Crippen LogP contribution is -2.18. The molecule has 0 spiro atoms. The quantitative estimate of drug-likeness (QED) is 0.524. The average molecular weight is 290 g/mol. The Morgan fingerprint density at radius 2 is 1.90 bits per heavy atom. The largest absolute Gasteiger partial charge is 0.573 e. The van der Waals surface area contributed by atoms with Gasteiger partial charge < -0.3 is 14.6 Å². The maximum Gasteiger partial charge on any atom is 0.573 e. The molecular weight excluding hydrogens is 281 g/mol. The molecule has 0 saturated carbocycles. The summed E-state index contributed by atoms with van der Waals surface area (Å²) in [4.78, 5) is 22.0. The predicted molar refractivity (Wildman–Crippen MR) is 60.5 cm³/mol. The highest BCUT2D eigenvalue weighted by Crippen LogP contribution is 2.33. The zero-order valence-electron chi connectivity index (χ0n) is 10.1. The predicted octanol–water partition coefficient (Wildman–Crippen LogP) is 2.76. The van der Waals surface area contributed by atoms with Crippen molar-refractivity contribution >= 4 is 11.9 Å². The molecule has 0 bridgehead atoms. The van der Waals surface area contributed by atoms with Gasteiger partial charge in [0, 0.05) is 6.08 Å². The van der Waals surface area contributed by atoms with E-state index in [1.807, 2.05) is 0 Å². The van der Waals surface area contributed by atoms with Crippen LogP contribution >= 0.6 is 0 Å². The third-order valence-corrected chi connectivity index (χ3v) is 1.93. The molecular formula is C12H9F3O5. The fraction of sp³-hybridized carbons (Fsp3) is 0.167. The van der Waals surface area contributed by atoms with E-state index < -0.39 is 29.8 Å². The molecule has 0 amide bonds. The van der Waals surface area contributed by atoms with Crippen LogP contribution in [0.2, 0.25) is 0 Å². The normalized spacial score (nSPS) is 11.4. The third kappa shape index (κ3) is 4.63. The van der Waals surface area contributed by atoms with E-state index in [1.54, 1.807) is 0 Å². The van der Waals surface area contributed by atoms with E-state index in [2.05, 4.69) is 9.47 Å². The Hall–Kier alpha value is -2.51. The number of hydrogen-bond acceptors (Lipinski definition) is 4. The van der Waals surface area contributed by atoms with Crippen molar-refractivity contribution in [3.63, 3.8) is 0 Å². The maximum absolute atomic E-state index is 12.2. The summed E-state index contributed by atoms with van der Waals surface area (Å²) >= 11 is 0. The summed E-state index contributed by atoms with van der Waals surface area (Å²) in [7, 11) is 0. The number of carbonyl (C=O) groups excluding carboxylic acids is 1. The van der Waals surface area contributed by atoms with Gasteiger partial charge in [0.25, 0.3) is 0 Å². The molecule has 0 heterocycles. The van der Waals surface area contributed by atoms with Crippen LogP contribution in [0.3, 0.4) is 0 Å². The monoisotopic (exact) mass is 290 g/mol. The number of benzene rings is 1. The molecule has 0 unspecified atom stereocenters. The van der Waals surface area contributed by atoms with Crippen molar-refractivity contribution in [1.82, 2.24) is 0 Å². The fourth-order valence-electron chi connectivity index (χ4n) is 1.21. The van der Waals surface area contributed by atoms with Crippen LogP contribution in [-0.4, -0.2) is 23.4 Å². The van der Waals surface area contributed by atoms with Gasteiger partial charge in [-0.25, -0.2) is 9.59 Å². The van der Waals surface area contributed by atoms with E-state index in [9.17, 15) is 22.8 Å². The summed E-state index contributed by atoms with van der Waals surface area (Å²) in [6.07, 6.45) is -2.72. The van der Waals surface area contributed by atoms with E-state index in [4.69, 9.17) is 5.11 Å². The Labute approximate surface area is 111 Å². The second-order valence-electron chi connectivity index (χ2n) is 3.44. The first-order valence-corrected chi connectivity index (χ1v) is 5.20. The lowest BCUT2D eigenvalue weighted by atomic mass is 10.2. The first-order valence-electron chi connectivity index (χ1n) is 5.20. The molecule has 0 aliphatic heterocycles. The van der Waals surface area contributed by atoms with Crippen molar-refractivity contribution in [2.45, 2.75) is 13.3 Å². The Bertz CT molecular complexity index is 549. The van der Waals surface area contributed by atoms with E-state index in [1.165, 1.54) is 13.0 Å². The summed E-state index contributed by atoms with van der Waals surface area (Å²) in [5.74, 6) is -3.78. The van der Waals surface area contributed by atoms with Gasteiger partial charge in [-0.1, -0.05) is 6.08 Å². The number of hydrogen-bond donors (Lipinski definition) is 1. The molecule has 0 aromatic heterocycles. The zero-order valence-corrected chi connectivity index (χ0v) is 10.1. The number of rotatable bonds is 4. The van der Waals surface area contributed by atoms with E-state index in [0.29, 0.717) is 0 Å². The summed E-state index contributed by atoms with van der Waals surface area (Å²) in [5, 5.41) is 8.75. The van der Waals surface area contributed by atoms with Crippen molar-refractivity contribution in [1.29, 1.82) is 0 Å². The fourth-order valence-corrected chi connectivity index (χ4v) is 1.21. The van der Waals surface area contributed by atoms with Gasteiger partial charge in [-0.2, -0.15) is 0 Å². The molecule has 1 rings (SSSR count). The Kier molecular flexibility index (Phi) is 4.73. The van der Waals surface area contributed by atoms with E-state index in [-0.39, 0.29) is 5.56 Å². The van der Waals surface area contributed by atoms with E-state index in [0.717, 1.165) is 24.3 Å². The number of halogens is 3. The second kappa shape index (κ2) is 6.09. The smallest absolute Gasteiger partial charge is 0.478 e. The molecule has 1 aromatic rings. The summed E-state index contributed by atoms with van der Waals surface area (Å²) < 4.78 is 44.8. The van der Waals surface area contributed by atoms with Gasteiger partial charge in [0.1, 0.15) is 0 Å². The van der Waals surface area contributed by atoms with Crippen LogP contribution in [0.25, 0.3) is 0 Å². The molecule has 0 radical (unpaired) electrons. The number of carbonyl (C=O) groups is 2. The number of aromatic carboxylic acids is 1. The molecule has 108 valence electrons.